The van der Waals surface area contributed by atoms with Crippen LogP contribution in [0, 0.1) is 95.4 Å². The number of nitrogens with zero attached hydrogens (tertiary/aromatic N) is 16. The molecule has 586 valence electrons. The van der Waals surface area contributed by atoms with Crippen molar-refractivity contribution in [2.24, 2.45) is 20.0 Å². The lowest BCUT2D eigenvalue weighted by Gasteiger charge is -2.11. The summed E-state index contributed by atoms with van der Waals surface area (Å²) < 4.78 is 8.19. The summed E-state index contributed by atoms with van der Waals surface area (Å²) in [6, 6.07) is 29.3. The number of hydrogen-bond acceptors (Lipinski definition) is 24. The molecule has 0 amide bonds. The third kappa shape index (κ3) is 16.4. The number of benzene rings is 4. The van der Waals surface area contributed by atoms with Gasteiger partial charge >= 0.3 is 0 Å². The molecule has 4 aliphatic rings. The molecule has 22 nitrogen and oxygen atoms in total. The molecule has 8 aromatic heterocycles. The van der Waals surface area contributed by atoms with Crippen LogP contribution >= 0.6 is 83.2 Å². The van der Waals surface area contributed by atoms with Gasteiger partial charge in [-0.15, -0.1) is 105 Å². The third-order valence-corrected chi connectivity index (χ3v) is 26.3. The number of Topliss-reactive ketones (excluding diaryl/α,β-unsaturated/α-hetero) is 5. The highest BCUT2D eigenvalue weighted by molar-refractivity contribution is 7.97. The van der Waals surface area contributed by atoms with Gasteiger partial charge in [0.25, 0.3) is 0 Å². The van der Waals surface area contributed by atoms with E-state index in [2.05, 4.69) is 173 Å². The Bertz CT molecular complexity index is 6080. The number of carbonyl (C=O) groups excluding carboxylic acids is 6. The van der Waals surface area contributed by atoms with Gasteiger partial charge in [0.05, 0.1) is 28.6 Å². The van der Waals surface area contributed by atoms with Crippen molar-refractivity contribution in [2.75, 3.05) is 5.75 Å². The Labute approximate surface area is 699 Å². The molecule has 12 heterocycles. The highest BCUT2D eigenvalue weighted by Crippen LogP contribution is 2.45. The quantitative estimate of drug-likeness (QED) is 0.0461. The Morgan fingerprint density at radius 3 is 0.861 bits per heavy atom. The van der Waals surface area contributed by atoms with Gasteiger partial charge in [0.15, 0.2) is 29.1 Å². The summed E-state index contributed by atoms with van der Waals surface area (Å²) in [4.78, 5) is 96.4. The molecule has 29 heteroatoms. The number of aromatic nitrogens is 12. The van der Waals surface area contributed by atoms with Gasteiger partial charge in [-0.1, -0.05) is 78.7 Å². The zero-order valence-corrected chi connectivity index (χ0v) is 72.4. The van der Waals surface area contributed by atoms with Crippen molar-refractivity contribution in [2.45, 2.75) is 166 Å². The summed E-state index contributed by atoms with van der Waals surface area (Å²) in [7, 11) is 0. The first-order valence-electron chi connectivity index (χ1n) is 37.1. The van der Waals surface area contributed by atoms with E-state index in [4.69, 9.17) is 26.4 Å². The van der Waals surface area contributed by atoms with E-state index in [1.807, 2.05) is 85.4 Å². The lowest BCUT2D eigenvalue weighted by molar-refractivity contribution is -0.118. The Morgan fingerprint density at radius 2 is 0.626 bits per heavy atom. The van der Waals surface area contributed by atoms with Gasteiger partial charge in [-0.05, 0) is 163 Å². The van der Waals surface area contributed by atoms with E-state index in [1.54, 1.807) is 97.3 Å². The van der Waals surface area contributed by atoms with Crippen molar-refractivity contribution >= 4 is 140 Å². The molecule has 16 rings (SSSR count). The molecule has 4 aromatic carbocycles. The Hall–Kier alpha value is -10.5. The maximum Gasteiger partial charge on any atom is 0.216 e. The molecule has 12 aromatic rings. The number of terminal acetylenes is 1. The van der Waals surface area contributed by atoms with Crippen LogP contribution in [0.5, 0.6) is 0 Å². The second kappa shape index (κ2) is 34.2. The van der Waals surface area contributed by atoms with Crippen LogP contribution in [0.3, 0.4) is 0 Å². The molecular weight excluding hydrogens is 1580 g/mol. The smallest absolute Gasteiger partial charge is 0.216 e. The lowest BCUT2D eigenvalue weighted by Crippen LogP contribution is -2.10. The third-order valence-electron chi connectivity index (χ3n) is 20.6. The van der Waals surface area contributed by atoms with Crippen molar-refractivity contribution in [1.29, 1.82) is 0 Å². The van der Waals surface area contributed by atoms with Gasteiger partial charge in [0.2, 0.25) is 5.12 Å². The van der Waals surface area contributed by atoms with Crippen LogP contribution < -0.4 is 0 Å². The molecular formula is C86H84N16O6S7. The fraction of sp³-hybridized carbons (Fsp3) is 0.302. The van der Waals surface area contributed by atoms with E-state index in [0.717, 1.165) is 139 Å². The first kappa shape index (κ1) is 82.5. The summed E-state index contributed by atoms with van der Waals surface area (Å²) in [6.45, 7) is 30.8. The summed E-state index contributed by atoms with van der Waals surface area (Å²) in [6.07, 6.45) is 6.61. The number of thiophene rings is 4. The largest absolute Gasteiger partial charge is 0.300 e. The molecule has 4 atom stereocenters. The van der Waals surface area contributed by atoms with Crippen molar-refractivity contribution in [1.82, 2.24) is 59.1 Å². The first-order valence-corrected chi connectivity index (χ1v) is 42.1. The molecule has 115 heavy (non-hydrogen) atoms. The van der Waals surface area contributed by atoms with Crippen LogP contribution in [0.4, 0.5) is 0 Å². The van der Waals surface area contributed by atoms with Crippen LogP contribution in [0.2, 0.25) is 0 Å². The maximum absolute atomic E-state index is 12.0. The van der Waals surface area contributed by atoms with Crippen LogP contribution in [-0.4, -0.2) is 122 Å². The van der Waals surface area contributed by atoms with Crippen molar-refractivity contribution < 1.29 is 28.8 Å². The zero-order valence-electron chi connectivity index (χ0n) is 66.4. The minimum atomic E-state index is -0.422. The van der Waals surface area contributed by atoms with Crippen molar-refractivity contribution in [3.8, 4) is 32.3 Å². The first-order chi connectivity index (χ1) is 54.9. The van der Waals surface area contributed by atoms with Gasteiger partial charge in [0, 0.05) is 112 Å². The van der Waals surface area contributed by atoms with E-state index in [9.17, 15) is 28.8 Å². The number of ketones is 5. The van der Waals surface area contributed by atoms with Crippen molar-refractivity contribution in [3.05, 3.63) is 252 Å². The molecule has 0 N–H and O–H groups in total. The number of rotatable bonds is 16. The zero-order chi connectivity index (χ0) is 82.4. The summed E-state index contributed by atoms with van der Waals surface area (Å²) in [5, 5.41) is 38.5. The molecule has 0 unspecified atom stereocenters. The summed E-state index contributed by atoms with van der Waals surface area (Å²) in [5.41, 5.74) is 19.2. The number of thiol groups is 3. The fourth-order valence-corrected chi connectivity index (χ4v) is 19.8. The van der Waals surface area contributed by atoms with Crippen LogP contribution in [0.1, 0.15) is 242 Å². The molecule has 0 spiro atoms. The SMILES string of the molecule is C#Cc1ccc(C2=N[C@@H](CC(C)=O)c3nnc(C)n3-c3sc(C)c(C)c32)cc1.CC(=O)C[C@@H]1N=C(c2ccc(C(=O)CS)cc2)c2c(sc(C)c2C)-n2c(C)nnc21.CC(=O)C[C@@H]1N=C(c2ccc(C(=O)S)cc2)c2c(sc(C)c2C)-n2c(C)nnc21.CC(=O)C[C@@H]1N=C(c2ccc(CS)cc2)c2c(sc(C)c2C)-n2c(C)nnc21. The topological polar surface area (TPSA) is 275 Å². The molecule has 0 fully saturated rings. The van der Waals surface area contributed by atoms with E-state index >= 15 is 0 Å². The van der Waals surface area contributed by atoms with Gasteiger partial charge in [-0.3, -0.25) is 67.0 Å². The number of hydrogen-bond donors (Lipinski definition) is 3. The fourth-order valence-electron chi connectivity index (χ4n) is 14.4. The second-order valence-electron chi connectivity index (χ2n) is 28.8. The van der Waals surface area contributed by atoms with Gasteiger partial charge in [-0.25, -0.2) is 0 Å². The van der Waals surface area contributed by atoms with E-state index in [-0.39, 0.29) is 71.1 Å². The normalized spacial score (nSPS) is 15.4. The van der Waals surface area contributed by atoms with Crippen LogP contribution in [0.15, 0.2) is 117 Å². The highest BCUT2D eigenvalue weighted by Gasteiger charge is 2.37. The van der Waals surface area contributed by atoms with E-state index < -0.39 is 12.1 Å². The molecule has 4 aliphatic heterocycles. The summed E-state index contributed by atoms with van der Waals surface area (Å²) in [5.74, 6) is 9.69. The number of aryl methyl sites for hydroxylation is 8. The van der Waals surface area contributed by atoms with Crippen molar-refractivity contribution in [3.63, 3.8) is 0 Å². The Balaban J connectivity index is 0.000000134. The molecule has 0 saturated carbocycles. The van der Waals surface area contributed by atoms with Crippen LogP contribution in [0.25, 0.3) is 20.0 Å². The second-order valence-corrected chi connectivity index (χ2v) is 34.7. The predicted octanol–water partition coefficient (Wildman–Crippen LogP) is 17.1. The minimum Gasteiger partial charge on any atom is -0.300 e. The number of aliphatic imine (C=N–C) groups is 4. The monoisotopic (exact) mass is 1660 g/mol. The Morgan fingerprint density at radius 1 is 0.374 bits per heavy atom. The van der Waals surface area contributed by atoms with Gasteiger partial charge in [0.1, 0.15) is 90.6 Å². The maximum atomic E-state index is 12.0. The molecule has 0 saturated heterocycles. The number of fused-ring (bicyclic) bond motifs is 12. The van der Waals surface area contributed by atoms with Crippen LogP contribution in [-0.2, 0) is 24.9 Å². The van der Waals surface area contributed by atoms with Gasteiger partial charge < -0.3 is 0 Å². The van der Waals surface area contributed by atoms with E-state index in [0.29, 0.717) is 40.8 Å². The Kier molecular flexibility index (Phi) is 24.5. The highest BCUT2D eigenvalue weighted by atomic mass is 32.1. The van der Waals surface area contributed by atoms with E-state index in [1.165, 1.54) is 30.6 Å². The minimum absolute atomic E-state index is 0.0211. The molecule has 0 bridgehead atoms. The van der Waals surface area contributed by atoms with Gasteiger partial charge in [-0.2, -0.15) is 25.3 Å². The predicted molar refractivity (Wildman–Crippen MR) is 466 cm³/mol. The standard InChI is InChI=1S/C22H22N4O2S2.C22H20N4OS.C21H20N4O2S2.C21H22N4OS2/c1-11(27)9-17-21-25-24-14(4)26(21)22-19(12(2)13(3)30-22)20(23-17)16-7-5-15(6-8-16)18(28)10-29;1-6-16-7-9-17(10-8-16)20-19-13(3)14(4)28-22(19)26-15(5)24-25-21(26)18(23-20)11-12(2)27;1-10(26)9-16-19-24-23-13(4)25(19)20-17(11(2)12(3)29-20)18(22-16)14-5-7-15(8-6-14)21(27)28;1-11(26)9-17-20-24-23-14(4)25(20)21-18(12(2)13(3)28-21)19(22-17)16-7-5-15(10-27)6-8-16/h5-8,17,29H,9-10H2,1-4H3;1,7-10,18H,11H2,2-5H3;5-8,16H,9H2,1-4H3,(H,27,28);5-8,17,27H,9-10H2,1-4H3/t17-;18-;16-;17-/m0000/s1. The summed E-state index contributed by atoms with van der Waals surface area (Å²) >= 11 is 19.1. The molecule has 0 aliphatic carbocycles. The average Bonchev–Trinajstić information content (AvgIpc) is 1.61. The molecule has 0 radical (unpaired) electrons. The average molecular weight is 1660 g/mol. The number of carbonyl (C=O) groups is 6. The lowest BCUT2D eigenvalue weighted by atomic mass is 9.98.